The van der Waals surface area contributed by atoms with E-state index < -0.39 is 0 Å². The number of piperidine rings is 2. The summed E-state index contributed by atoms with van der Waals surface area (Å²) in [6.07, 6.45) is 13.0. The Balaban J connectivity index is 1.12. The molecule has 3 fully saturated rings. The van der Waals surface area contributed by atoms with Crippen LogP contribution in [0.5, 0.6) is 0 Å². The molecular formula is C24H37N5O3. The molecule has 4 heterocycles. The van der Waals surface area contributed by atoms with Crippen molar-refractivity contribution in [3.05, 3.63) is 24.3 Å². The van der Waals surface area contributed by atoms with Gasteiger partial charge in [-0.3, -0.25) is 19.6 Å². The van der Waals surface area contributed by atoms with Crippen LogP contribution in [0, 0.1) is 5.92 Å². The molecule has 3 saturated heterocycles. The van der Waals surface area contributed by atoms with Crippen molar-refractivity contribution in [2.45, 2.75) is 69.9 Å². The lowest BCUT2D eigenvalue weighted by molar-refractivity contribution is -0.132. The van der Waals surface area contributed by atoms with Crippen LogP contribution in [-0.4, -0.2) is 83.1 Å². The number of rotatable bonds is 7. The van der Waals surface area contributed by atoms with Gasteiger partial charge in [0.15, 0.2) is 0 Å². The van der Waals surface area contributed by atoms with Crippen LogP contribution in [0.3, 0.4) is 0 Å². The van der Waals surface area contributed by atoms with Crippen molar-refractivity contribution in [3.63, 3.8) is 0 Å². The fraction of sp³-hybridized carbons (Fsp3) is 0.750. The van der Waals surface area contributed by atoms with E-state index in [2.05, 4.69) is 20.2 Å². The first-order chi connectivity index (χ1) is 15.7. The molecule has 4 rings (SSSR count). The molecule has 32 heavy (non-hydrogen) atoms. The molecule has 1 aromatic heterocycles. The number of hydrogen-bond donors (Lipinski definition) is 1. The van der Waals surface area contributed by atoms with Crippen LogP contribution in [0.2, 0.25) is 0 Å². The number of likely N-dealkylation sites (tertiary alicyclic amines) is 2. The zero-order valence-corrected chi connectivity index (χ0v) is 19.1. The molecule has 0 aromatic carbocycles. The van der Waals surface area contributed by atoms with Gasteiger partial charge in [-0.15, -0.1) is 0 Å². The number of aryl methyl sites for hydroxylation is 1. The Morgan fingerprint density at radius 1 is 1.00 bits per heavy atom. The average molecular weight is 444 g/mol. The maximum Gasteiger partial charge on any atom is 0.222 e. The molecular weight excluding hydrogens is 406 g/mol. The standard InChI is InChI=1S/C24H37N5O3/c30-23(17-19-7-15-32-16-8-19)27-20-3-11-28(12-4-20)22-5-13-29(14-6-22)24(31)2-1-21-18-25-9-10-26-21/h9-10,18-20,22H,1-8,11-17H2,(H,27,30). The van der Waals surface area contributed by atoms with E-state index in [1.807, 2.05) is 4.90 Å². The largest absolute Gasteiger partial charge is 0.381 e. The Hall–Kier alpha value is -2.06. The van der Waals surface area contributed by atoms with Crippen molar-refractivity contribution in [1.29, 1.82) is 0 Å². The van der Waals surface area contributed by atoms with Crippen LogP contribution in [0.1, 0.15) is 57.1 Å². The predicted molar refractivity (Wildman–Crippen MR) is 121 cm³/mol. The van der Waals surface area contributed by atoms with Crippen LogP contribution in [0.4, 0.5) is 0 Å². The third-order valence-electron chi connectivity index (χ3n) is 7.25. The highest BCUT2D eigenvalue weighted by molar-refractivity contribution is 5.77. The van der Waals surface area contributed by atoms with Gasteiger partial charge in [-0.25, -0.2) is 0 Å². The maximum absolute atomic E-state index is 12.6. The van der Waals surface area contributed by atoms with E-state index >= 15 is 0 Å². The summed E-state index contributed by atoms with van der Waals surface area (Å²) in [5.74, 6) is 0.918. The van der Waals surface area contributed by atoms with Crippen LogP contribution in [0.15, 0.2) is 18.6 Å². The van der Waals surface area contributed by atoms with Gasteiger partial charge in [-0.05, 0) is 50.9 Å². The second-order valence-corrected chi connectivity index (χ2v) is 9.45. The maximum atomic E-state index is 12.6. The number of carbonyl (C=O) groups is 2. The van der Waals surface area contributed by atoms with Crippen LogP contribution in [-0.2, 0) is 20.7 Å². The lowest BCUT2D eigenvalue weighted by Gasteiger charge is -2.42. The van der Waals surface area contributed by atoms with Gasteiger partial charge in [-0.2, -0.15) is 0 Å². The summed E-state index contributed by atoms with van der Waals surface area (Å²) in [5.41, 5.74) is 0.874. The van der Waals surface area contributed by atoms with E-state index in [1.165, 1.54) is 0 Å². The molecule has 176 valence electrons. The monoisotopic (exact) mass is 443 g/mol. The summed E-state index contributed by atoms with van der Waals surface area (Å²) >= 11 is 0. The highest BCUT2D eigenvalue weighted by atomic mass is 16.5. The fourth-order valence-electron chi connectivity index (χ4n) is 5.24. The molecule has 0 saturated carbocycles. The molecule has 1 N–H and O–H groups in total. The highest BCUT2D eigenvalue weighted by Crippen LogP contribution is 2.23. The van der Waals surface area contributed by atoms with E-state index in [0.29, 0.717) is 37.3 Å². The van der Waals surface area contributed by atoms with Crippen molar-refractivity contribution >= 4 is 11.8 Å². The molecule has 0 radical (unpaired) electrons. The molecule has 3 aliphatic heterocycles. The summed E-state index contributed by atoms with van der Waals surface area (Å²) in [6, 6.07) is 0.860. The lowest BCUT2D eigenvalue weighted by atomic mass is 9.95. The second kappa shape index (κ2) is 11.7. The van der Waals surface area contributed by atoms with Gasteiger partial charge >= 0.3 is 0 Å². The predicted octanol–water partition coefficient (Wildman–Crippen LogP) is 1.80. The molecule has 0 spiro atoms. The molecule has 8 nitrogen and oxygen atoms in total. The topological polar surface area (TPSA) is 87.7 Å². The Labute approximate surface area is 191 Å². The van der Waals surface area contributed by atoms with E-state index in [4.69, 9.17) is 4.74 Å². The zero-order valence-electron chi connectivity index (χ0n) is 19.1. The molecule has 8 heteroatoms. The van der Waals surface area contributed by atoms with Crippen molar-refractivity contribution in [1.82, 2.24) is 25.1 Å². The molecule has 0 atom stereocenters. The van der Waals surface area contributed by atoms with Crippen molar-refractivity contribution in [2.24, 2.45) is 5.92 Å². The van der Waals surface area contributed by atoms with Gasteiger partial charge in [0.25, 0.3) is 0 Å². The smallest absolute Gasteiger partial charge is 0.222 e. The van der Waals surface area contributed by atoms with E-state index in [-0.39, 0.29) is 11.8 Å². The number of hydrogen-bond acceptors (Lipinski definition) is 6. The van der Waals surface area contributed by atoms with Gasteiger partial charge in [0, 0.05) is 82.9 Å². The van der Waals surface area contributed by atoms with Gasteiger partial charge in [0.1, 0.15) is 0 Å². The summed E-state index contributed by atoms with van der Waals surface area (Å²) < 4.78 is 5.39. The summed E-state index contributed by atoms with van der Waals surface area (Å²) in [4.78, 5) is 37.9. The Bertz CT molecular complexity index is 724. The molecule has 2 amide bonds. The summed E-state index contributed by atoms with van der Waals surface area (Å²) in [6.45, 7) is 5.34. The molecule has 0 unspecified atom stereocenters. The van der Waals surface area contributed by atoms with Gasteiger partial charge in [0.05, 0.1) is 5.69 Å². The van der Waals surface area contributed by atoms with E-state index in [9.17, 15) is 9.59 Å². The molecule has 0 bridgehead atoms. The fourth-order valence-corrected chi connectivity index (χ4v) is 5.24. The van der Waals surface area contributed by atoms with E-state index in [1.54, 1.807) is 18.6 Å². The third-order valence-corrected chi connectivity index (χ3v) is 7.25. The summed E-state index contributed by atoms with van der Waals surface area (Å²) in [5, 5.41) is 3.27. The van der Waals surface area contributed by atoms with Gasteiger partial charge < -0.3 is 19.9 Å². The zero-order chi connectivity index (χ0) is 22.2. The first-order valence-corrected chi connectivity index (χ1v) is 12.3. The number of nitrogens with zero attached hydrogens (tertiary/aromatic N) is 4. The molecule has 0 aliphatic carbocycles. The third kappa shape index (κ3) is 6.72. The lowest BCUT2D eigenvalue weighted by Crippen LogP contribution is -2.51. The number of aromatic nitrogens is 2. The van der Waals surface area contributed by atoms with Crippen LogP contribution < -0.4 is 5.32 Å². The number of carbonyl (C=O) groups excluding carboxylic acids is 2. The highest BCUT2D eigenvalue weighted by Gasteiger charge is 2.30. The number of nitrogens with one attached hydrogen (secondary N) is 1. The first-order valence-electron chi connectivity index (χ1n) is 12.3. The Morgan fingerprint density at radius 3 is 2.44 bits per heavy atom. The normalized spacial score (nSPS) is 22.1. The Morgan fingerprint density at radius 2 is 1.75 bits per heavy atom. The van der Waals surface area contributed by atoms with E-state index in [0.717, 1.165) is 83.6 Å². The minimum atomic E-state index is 0.212. The molecule has 1 aromatic rings. The van der Waals surface area contributed by atoms with Crippen molar-refractivity contribution in [2.75, 3.05) is 39.4 Å². The van der Waals surface area contributed by atoms with Crippen molar-refractivity contribution < 1.29 is 14.3 Å². The second-order valence-electron chi connectivity index (χ2n) is 9.45. The minimum absolute atomic E-state index is 0.212. The SMILES string of the molecule is O=C(CC1CCOCC1)NC1CCN(C2CCN(C(=O)CCc3cnccn3)CC2)CC1. The minimum Gasteiger partial charge on any atom is -0.381 e. The number of ether oxygens (including phenoxy) is 1. The summed E-state index contributed by atoms with van der Waals surface area (Å²) in [7, 11) is 0. The average Bonchev–Trinajstić information content (AvgIpc) is 2.84. The van der Waals surface area contributed by atoms with Gasteiger partial charge in [-0.1, -0.05) is 0 Å². The van der Waals surface area contributed by atoms with Gasteiger partial charge in [0.2, 0.25) is 11.8 Å². The quantitative estimate of drug-likeness (QED) is 0.691. The molecule has 3 aliphatic rings. The van der Waals surface area contributed by atoms with Crippen LogP contribution in [0.25, 0.3) is 0 Å². The number of amides is 2. The first kappa shape index (κ1) is 23.1. The Kier molecular flexibility index (Phi) is 8.45. The van der Waals surface area contributed by atoms with Crippen LogP contribution >= 0.6 is 0 Å². The van der Waals surface area contributed by atoms with Crippen molar-refractivity contribution in [3.8, 4) is 0 Å².